The number of nitriles is 1. The summed E-state index contributed by atoms with van der Waals surface area (Å²) in [5, 5.41) is 20.4. The summed E-state index contributed by atoms with van der Waals surface area (Å²) in [5.41, 5.74) is 0.749. The molecule has 0 amide bonds. The second-order valence-corrected chi connectivity index (χ2v) is 5.86. The van der Waals surface area contributed by atoms with Crippen LogP contribution in [0.4, 0.5) is 0 Å². The molecule has 0 spiro atoms. The average molecular weight is 250 g/mol. The van der Waals surface area contributed by atoms with Gasteiger partial charge in [-0.05, 0) is 31.9 Å². The molecular weight excluding hydrogens is 232 g/mol. The van der Waals surface area contributed by atoms with E-state index < -0.39 is 0 Å². The van der Waals surface area contributed by atoms with E-state index in [0.29, 0.717) is 5.92 Å². The fraction of sp³-hybridized carbons (Fsp3) is 0.615. The quantitative estimate of drug-likeness (QED) is 0.891. The number of hydrogen-bond donors (Lipinski definition) is 1. The molecule has 0 aromatic carbocycles. The number of thiophene rings is 1. The van der Waals surface area contributed by atoms with Crippen LogP contribution in [0.25, 0.3) is 0 Å². The Morgan fingerprint density at radius 1 is 1.59 bits per heavy atom. The first-order valence-corrected chi connectivity index (χ1v) is 6.91. The fourth-order valence-electron chi connectivity index (χ4n) is 2.48. The highest BCUT2D eigenvalue weighted by Gasteiger charge is 2.26. The van der Waals surface area contributed by atoms with E-state index in [0.717, 1.165) is 37.9 Å². The zero-order chi connectivity index (χ0) is 12.3. The molecule has 0 radical (unpaired) electrons. The standard InChI is InChI=1S/C13H18N2OS/c1-15(7-11-3-2-4-13(11)16)8-12-5-10(6-14)9-17-12/h5,9,11,13,16H,2-4,7-8H2,1H3. The highest BCUT2D eigenvalue weighted by atomic mass is 32.1. The minimum absolute atomic E-state index is 0.115. The molecule has 1 saturated carbocycles. The Morgan fingerprint density at radius 3 is 3.00 bits per heavy atom. The van der Waals surface area contributed by atoms with Crippen molar-refractivity contribution >= 4 is 11.3 Å². The molecule has 0 saturated heterocycles. The van der Waals surface area contributed by atoms with Crippen LogP contribution in [0.3, 0.4) is 0 Å². The van der Waals surface area contributed by atoms with Gasteiger partial charge in [0.05, 0.1) is 11.7 Å². The molecule has 2 atom stereocenters. The van der Waals surface area contributed by atoms with Gasteiger partial charge in [0.15, 0.2) is 0 Å². The molecule has 0 bridgehead atoms. The lowest BCUT2D eigenvalue weighted by molar-refractivity contribution is 0.108. The van der Waals surface area contributed by atoms with Gasteiger partial charge in [-0.3, -0.25) is 0 Å². The lowest BCUT2D eigenvalue weighted by Crippen LogP contribution is -2.29. The molecule has 92 valence electrons. The summed E-state index contributed by atoms with van der Waals surface area (Å²) in [6, 6.07) is 4.10. The predicted octanol–water partition coefficient (Wildman–Crippen LogP) is 2.21. The first kappa shape index (κ1) is 12.6. The fourth-order valence-corrected chi connectivity index (χ4v) is 3.37. The molecule has 1 aliphatic rings. The van der Waals surface area contributed by atoms with Crippen LogP contribution in [-0.2, 0) is 6.54 Å². The number of aliphatic hydroxyl groups is 1. The van der Waals surface area contributed by atoms with Crippen LogP contribution in [0.2, 0.25) is 0 Å². The highest BCUT2D eigenvalue weighted by molar-refractivity contribution is 7.10. The van der Waals surface area contributed by atoms with Crippen molar-refractivity contribution in [3.05, 3.63) is 21.9 Å². The second-order valence-electron chi connectivity index (χ2n) is 4.87. The summed E-state index contributed by atoms with van der Waals surface area (Å²) >= 11 is 1.63. The topological polar surface area (TPSA) is 47.3 Å². The maximum Gasteiger partial charge on any atom is 0.100 e. The van der Waals surface area contributed by atoms with Gasteiger partial charge in [0.2, 0.25) is 0 Å². The lowest BCUT2D eigenvalue weighted by Gasteiger charge is -2.22. The highest BCUT2D eigenvalue weighted by Crippen LogP contribution is 2.26. The van der Waals surface area contributed by atoms with Crippen molar-refractivity contribution in [2.45, 2.75) is 31.9 Å². The maximum absolute atomic E-state index is 9.78. The van der Waals surface area contributed by atoms with E-state index >= 15 is 0 Å². The zero-order valence-corrected chi connectivity index (χ0v) is 10.9. The van der Waals surface area contributed by atoms with Gasteiger partial charge < -0.3 is 10.0 Å². The Hall–Kier alpha value is -0.890. The molecule has 1 N–H and O–H groups in total. The Balaban J connectivity index is 1.84. The van der Waals surface area contributed by atoms with Crippen molar-refractivity contribution in [1.29, 1.82) is 5.26 Å². The molecule has 1 aliphatic carbocycles. The molecule has 3 nitrogen and oxygen atoms in total. The van der Waals surface area contributed by atoms with Crippen LogP contribution >= 0.6 is 11.3 Å². The zero-order valence-electron chi connectivity index (χ0n) is 10.1. The normalized spacial score (nSPS) is 24.1. The Morgan fingerprint density at radius 2 is 2.41 bits per heavy atom. The summed E-state index contributed by atoms with van der Waals surface area (Å²) < 4.78 is 0. The maximum atomic E-state index is 9.78. The monoisotopic (exact) mass is 250 g/mol. The Labute approximate surface area is 106 Å². The molecule has 1 heterocycles. The van der Waals surface area contributed by atoms with E-state index in [9.17, 15) is 5.11 Å². The van der Waals surface area contributed by atoms with E-state index in [1.54, 1.807) is 11.3 Å². The van der Waals surface area contributed by atoms with Crippen molar-refractivity contribution in [2.75, 3.05) is 13.6 Å². The van der Waals surface area contributed by atoms with Gasteiger partial charge in [0, 0.05) is 23.3 Å². The number of hydrogen-bond acceptors (Lipinski definition) is 4. The van der Waals surface area contributed by atoms with E-state index in [4.69, 9.17) is 5.26 Å². The summed E-state index contributed by atoms with van der Waals surface area (Å²) in [4.78, 5) is 3.46. The van der Waals surface area contributed by atoms with E-state index in [1.165, 1.54) is 4.88 Å². The molecule has 1 aromatic rings. The number of rotatable bonds is 4. The van der Waals surface area contributed by atoms with Crippen LogP contribution in [-0.4, -0.2) is 29.7 Å². The van der Waals surface area contributed by atoms with Crippen LogP contribution in [0.5, 0.6) is 0 Å². The van der Waals surface area contributed by atoms with Gasteiger partial charge in [0.25, 0.3) is 0 Å². The summed E-state index contributed by atoms with van der Waals surface area (Å²) in [6.45, 7) is 1.82. The third-order valence-electron chi connectivity index (χ3n) is 3.37. The molecule has 4 heteroatoms. The van der Waals surface area contributed by atoms with Crippen LogP contribution in [0.15, 0.2) is 11.4 Å². The first-order chi connectivity index (χ1) is 8.19. The van der Waals surface area contributed by atoms with Gasteiger partial charge in [-0.2, -0.15) is 5.26 Å². The minimum atomic E-state index is -0.115. The molecular formula is C13H18N2OS. The average Bonchev–Trinajstić information content (AvgIpc) is 2.89. The van der Waals surface area contributed by atoms with Crippen LogP contribution in [0.1, 0.15) is 29.7 Å². The third-order valence-corrected chi connectivity index (χ3v) is 4.30. The van der Waals surface area contributed by atoms with Crippen LogP contribution in [0, 0.1) is 17.2 Å². The van der Waals surface area contributed by atoms with Crippen molar-refractivity contribution in [2.24, 2.45) is 5.92 Å². The van der Waals surface area contributed by atoms with Crippen LogP contribution < -0.4 is 0 Å². The van der Waals surface area contributed by atoms with Gasteiger partial charge in [0.1, 0.15) is 6.07 Å². The van der Waals surface area contributed by atoms with E-state index in [1.807, 2.05) is 11.4 Å². The summed E-state index contributed by atoms with van der Waals surface area (Å²) in [6.07, 6.45) is 3.13. The minimum Gasteiger partial charge on any atom is -0.393 e. The van der Waals surface area contributed by atoms with Crippen molar-refractivity contribution < 1.29 is 5.11 Å². The molecule has 2 rings (SSSR count). The largest absolute Gasteiger partial charge is 0.393 e. The van der Waals surface area contributed by atoms with Crippen molar-refractivity contribution in [3.8, 4) is 6.07 Å². The lowest BCUT2D eigenvalue weighted by atomic mass is 10.1. The van der Waals surface area contributed by atoms with E-state index in [-0.39, 0.29) is 6.10 Å². The number of nitrogens with zero attached hydrogens (tertiary/aromatic N) is 2. The molecule has 17 heavy (non-hydrogen) atoms. The Bertz CT molecular complexity index is 410. The molecule has 0 aliphatic heterocycles. The van der Waals surface area contributed by atoms with Gasteiger partial charge in [-0.25, -0.2) is 0 Å². The molecule has 1 aromatic heterocycles. The van der Waals surface area contributed by atoms with E-state index in [2.05, 4.69) is 18.0 Å². The van der Waals surface area contributed by atoms with Gasteiger partial charge >= 0.3 is 0 Å². The Kier molecular flexibility index (Phi) is 4.16. The van der Waals surface area contributed by atoms with Gasteiger partial charge in [-0.15, -0.1) is 11.3 Å². The molecule has 1 fully saturated rings. The predicted molar refractivity (Wildman–Crippen MR) is 68.7 cm³/mol. The van der Waals surface area contributed by atoms with Gasteiger partial charge in [-0.1, -0.05) is 6.42 Å². The summed E-state index contributed by atoms with van der Waals surface area (Å²) in [7, 11) is 2.08. The van der Waals surface area contributed by atoms with Crippen molar-refractivity contribution in [3.63, 3.8) is 0 Å². The summed E-state index contributed by atoms with van der Waals surface area (Å²) in [5.74, 6) is 0.426. The first-order valence-electron chi connectivity index (χ1n) is 6.03. The molecule has 2 unspecified atom stereocenters. The SMILES string of the molecule is CN(Cc1cc(C#N)cs1)CC1CCCC1O. The number of aliphatic hydroxyl groups excluding tert-OH is 1. The van der Waals surface area contributed by atoms with Crippen molar-refractivity contribution in [1.82, 2.24) is 4.90 Å². The second kappa shape index (κ2) is 5.63. The smallest absolute Gasteiger partial charge is 0.100 e. The third kappa shape index (κ3) is 3.29.